The zero-order valence-corrected chi connectivity index (χ0v) is 14.4. The smallest absolute Gasteiger partial charge is 0.287 e. The number of aliphatic imine (C=N–C) groups is 1. The highest BCUT2D eigenvalue weighted by molar-refractivity contribution is 5.91. The Morgan fingerprint density at radius 1 is 1.20 bits per heavy atom. The maximum absolute atomic E-state index is 13.3. The molecule has 25 heavy (non-hydrogen) atoms. The number of guanidine groups is 1. The van der Waals surface area contributed by atoms with E-state index < -0.39 is 0 Å². The van der Waals surface area contributed by atoms with Gasteiger partial charge >= 0.3 is 0 Å². The molecule has 0 saturated heterocycles. The van der Waals surface area contributed by atoms with Crippen LogP contribution in [-0.4, -0.2) is 31.5 Å². The van der Waals surface area contributed by atoms with Crippen LogP contribution in [-0.2, 0) is 6.54 Å². The minimum absolute atomic E-state index is 0.218. The van der Waals surface area contributed by atoms with Gasteiger partial charge in [-0.1, -0.05) is 12.1 Å². The molecule has 0 spiro atoms. The second kappa shape index (κ2) is 9.46. The van der Waals surface area contributed by atoms with E-state index in [4.69, 9.17) is 4.42 Å². The molecular weight excluding hydrogens is 323 g/mol. The topological polar surface area (TPSA) is 78.7 Å². The molecule has 0 radical (unpaired) electrons. The molecule has 0 aliphatic rings. The Labute approximate surface area is 146 Å². The molecule has 1 heterocycles. The highest BCUT2D eigenvalue weighted by Crippen LogP contribution is 2.09. The standard InChI is InChI=1S/C18H23FN4O2/c1-3-20-18(23-12-14-6-7-15(19)13(2)11-14)22-9-8-21-17(24)16-5-4-10-25-16/h4-7,10-11H,3,8-9,12H2,1-2H3,(H,21,24)(H2,20,22,23). The summed E-state index contributed by atoms with van der Waals surface area (Å²) in [5, 5.41) is 9.02. The molecule has 1 amide bonds. The van der Waals surface area contributed by atoms with Crippen LogP contribution in [0.1, 0.15) is 28.6 Å². The number of furan rings is 1. The Kier molecular flexibility index (Phi) is 7.00. The predicted octanol–water partition coefficient (Wildman–Crippen LogP) is 2.21. The molecular formula is C18H23FN4O2. The summed E-state index contributed by atoms with van der Waals surface area (Å²) in [7, 11) is 0. The Morgan fingerprint density at radius 2 is 2.00 bits per heavy atom. The molecule has 2 rings (SSSR count). The maximum atomic E-state index is 13.3. The molecule has 2 aromatic rings. The third-order valence-electron chi connectivity index (χ3n) is 3.43. The summed E-state index contributed by atoms with van der Waals surface area (Å²) in [4.78, 5) is 16.2. The van der Waals surface area contributed by atoms with Gasteiger partial charge in [0.05, 0.1) is 12.8 Å². The van der Waals surface area contributed by atoms with Gasteiger partial charge in [-0.3, -0.25) is 4.79 Å². The van der Waals surface area contributed by atoms with Crippen LogP contribution >= 0.6 is 0 Å². The van der Waals surface area contributed by atoms with Gasteiger partial charge in [0.2, 0.25) is 0 Å². The van der Waals surface area contributed by atoms with Crippen LogP contribution in [0.5, 0.6) is 0 Å². The van der Waals surface area contributed by atoms with Gasteiger partial charge in [0, 0.05) is 19.6 Å². The van der Waals surface area contributed by atoms with Crippen molar-refractivity contribution in [3.63, 3.8) is 0 Å². The molecule has 0 aliphatic carbocycles. The molecule has 0 unspecified atom stereocenters. The molecule has 3 N–H and O–H groups in total. The number of carbonyl (C=O) groups is 1. The highest BCUT2D eigenvalue weighted by Gasteiger charge is 2.07. The first-order valence-corrected chi connectivity index (χ1v) is 8.19. The predicted molar refractivity (Wildman–Crippen MR) is 95.0 cm³/mol. The van der Waals surface area contributed by atoms with Crippen LogP contribution in [0.2, 0.25) is 0 Å². The van der Waals surface area contributed by atoms with Gasteiger partial charge in [-0.25, -0.2) is 9.38 Å². The van der Waals surface area contributed by atoms with E-state index in [-0.39, 0.29) is 17.5 Å². The molecule has 1 aromatic heterocycles. The third-order valence-corrected chi connectivity index (χ3v) is 3.43. The monoisotopic (exact) mass is 346 g/mol. The van der Waals surface area contributed by atoms with Crippen LogP contribution in [0.15, 0.2) is 46.0 Å². The third kappa shape index (κ3) is 5.95. The van der Waals surface area contributed by atoms with Crippen LogP contribution in [0.3, 0.4) is 0 Å². The van der Waals surface area contributed by atoms with E-state index >= 15 is 0 Å². The number of benzene rings is 1. The molecule has 1 aromatic carbocycles. The zero-order valence-electron chi connectivity index (χ0n) is 14.4. The lowest BCUT2D eigenvalue weighted by atomic mass is 10.1. The highest BCUT2D eigenvalue weighted by atomic mass is 19.1. The summed E-state index contributed by atoms with van der Waals surface area (Å²) < 4.78 is 18.3. The van der Waals surface area contributed by atoms with E-state index in [1.54, 1.807) is 31.2 Å². The lowest BCUT2D eigenvalue weighted by Crippen LogP contribution is -2.41. The van der Waals surface area contributed by atoms with Gasteiger partial charge in [-0.2, -0.15) is 0 Å². The fraction of sp³-hybridized carbons (Fsp3) is 0.333. The lowest BCUT2D eigenvalue weighted by molar-refractivity contribution is 0.0926. The van der Waals surface area contributed by atoms with Crippen molar-refractivity contribution in [3.8, 4) is 0 Å². The summed E-state index contributed by atoms with van der Waals surface area (Å²) in [5.41, 5.74) is 1.54. The maximum Gasteiger partial charge on any atom is 0.287 e. The number of rotatable bonds is 7. The van der Waals surface area contributed by atoms with Crippen molar-refractivity contribution in [3.05, 3.63) is 59.3 Å². The van der Waals surface area contributed by atoms with Gasteiger partial charge in [0.1, 0.15) is 5.82 Å². The number of nitrogens with zero attached hydrogens (tertiary/aromatic N) is 1. The fourth-order valence-electron chi connectivity index (χ4n) is 2.17. The van der Waals surface area contributed by atoms with Crippen LogP contribution in [0, 0.1) is 12.7 Å². The SMILES string of the molecule is CCNC(=NCc1ccc(F)c(C)c1)NCCNC(=O)c1ccco1. The molecule has 6 nitrogen and oxygen atoms in total. The van der Waals surface area contributed by atoms with Crippen LogP contribution in [0.4, 0.5) is 4.39 Å². The van der Waals surface area contributed by atoms with Gasteiger partial charge < -0.3 is 20.4 Å². The average Bonchev–Trinajstić information content (AvgIpc) is 3.14. The number of hydrogen-bond acceptors (Lipinski definition) is 3. The van der Waals surface area contributed by atoms with Crippen molar-refractivity contribution in [2.75, 3.05) is 19.6 Å². The van der Waals surface area contributed by atoms with E-state index in [1.165, 1.54) is 12.3 Å². The van der Waals surface area contributed by atoms with Crippen LogP contribution in [0.25, 0.3) is 0 Å². The number of halogens is 1. The normalized spacial score (nSPS) is 11.2. The van der Waals surface area contributed by atoms with Crippen molar-refractivity contribution < 1.29 is 13.6 Å². The molecule has 0 bridgehead atoms. The summed E-state index contributed by atoms with van der Waals surface area (Å²) in [5.74, 6) is 0.449. The van der Waals surface area contributed by atoms with Crippen molar-refractivity contribution in [1.29, 1.82) is 0 Å². The summed E-state index contributed by atoms with van der Waals surface area (Å²) >= 11 is 0. The van der Waals surface area contributed by atoms with Crippen molar-refractivity contribution in [2.24, 2.45) is 4.99 Å². The Bertz CT molecular complexity index is 714. The zero-order chi connectivity index (χ0) is 18.1. The quantitative estimate of drug-likeness (QED) is 0.408. The first-order chi connectivity index (χ1) is 12.1. The summed E-state index contributed by atoms with van der Waals surface area (Å²) in [6.07, 6.45) is 1.46. The van der Waals surface area contributed by atoms with E-state index in [9.17, 15) is 9.18 Å². The second-order valence-corrected chi connectivity index (χ2v) is 5.44. The lowest BCUT2D eigenvalue weighted by Gasteiger charge is -2.11. The number of aryl methyl sites for hydroxylation is 1. The van der Waals surface area contributed by atoms with E-state index in [1.807, 2.05) is 6.92 Å². The number of hydrogen-bond donors (Lipinski definition) is 3. The summed E-state index contributed by atoms with van der Waals surface area (Å²) in [6.45, 7) is 5.80. The Hall–Kier alpha value is -2.83. The molecule has 134 valence electrons. The Balaban J connectivity index is 1.81. The molecule has 0 aliphatic heterocycles. The van der Waals surface area contributed by atoms with Crippen molar-refractivity contribution >= 4 is 11.9 Å². The van der Waals surface area contributed by atoms with Gasteiger partial charge in [0.15, 0.2) is 11.7 Å². The molecule has 7 heteroatoms. The first-order valence-electron chi connectivity index (χ1n) is 8.19. The average molecular weight is 346 g/mol. The summed E-state index contributed by atoms with van der Waals surface area (Å²) in [6, 6.07) is 8.23. The minimum Gasteiger partial charge on any atom is -0.459 e. The number of amides is 1. The fourth-order valence-corrected chi connectivity index (χ4v) is 2.17. The van der Waals surface area contributed by atoms with Gasteiger partial charge in [-0.15, -0.1) is 0 Å². The minimum atomic E-state index is -0.254. The number of nitrogens with one attached hydrogen (secondary N) is 3. The van der Waals surface area contributed by atoms with E-state index in [0.717, 1.165) is 5.56 Å². The van der Waals surface area contributed by atoms with Crippen LogP contribution < -0.4 is 16.0 Å². The van der Waals surface area contributed by atoms with Crippen molar-refractivity contribution in [2.45, 2.75) is 20.4 Å². The second-order valence-electron chi connectivity index (χ2n) is 5.44. The van der Waals surface area contributed by atoms with Gasteiger partial charge in [-0.05, 0) is 43.2 Å². The Morgan fingerprint density at radius 3 is 2.68 bits per heavy atom. The molecule has 0 atom stereocenters. The molecule has 0 fully saturated rings. The van der Waals surface area contributed by atoms with Gasteiger partial charge in [0.25, 0.3) is 5.91 Å². The first kappa shape index (κ1) is 18.5. The van der Waals surface area contributed by atoms with Crippen molar-refractivity contribution in [1.82, 2.24) is 16.0 Å². The van der Waals surface area contributed by atoms with E-state index in [2.05, 4.69) is 20.9 Å². The molecule has 0 saturated carbocycles. The largest absolute Gasteiger partial charge is 0.459 e. The number of carbonyl (C=O) groups excluding carboxylic acids is 1. The van der Waals surface area contributed by atoms with E-state index in [0.29, 0.717) is 37.7 Å².